The Bertz CT molecular complexity index is 7650. The smallest absolute Gasteiger partial charge is 0.508 e. The number of phenolic OH excluding ortho intramolecular Hbond substituents is 1. The Morgan fingerprint density at radius 3 is 1.23 bits per heavy atom. The molecular formula is C97H68BrClF15I2N13O18. The predicted molar refractivity (Wildman–Crippen MR) is 528 cm³/mol. The molecule has 147 heavy (non-hydrogen) atoms. The van der Waals surface area contributed by atoms with Crippen molar-refractivity contribution >= 4 is 132 Å². The van der Waals surface area contributed by atoms with E-state index in [0.29, 0.717) is 96.0 Å². The Kier molecular flexibility index (Phi) is 38.0. The average molecular weight is 2360 g/mol. The molecule has 762 valence electrons. The highest BCUT2D eigenvalue weighted by Gasteiger charge is 2.35. The molecule has 0 saturated heterocycles. The number of fused-ring (bicyclic) bond motifs is 5. The van der Waals surface area contributed by atoms with Crippen LogP contribution in [0.3, 0.4) is 0 Å². The van der Waals surface area contributed by atoms with Crippen molar-refractivity contribution in [2.24, 2.45) is 0 Å². The van der Waals surface area contributed by atoms with Gasteiger partial charge < -0.3 is 97.0 Å². The van der Waals surface area contributed by atoms with Gasteiger partial charge in [-0.25, -0.2) is 24.9 Å². The van der Waals surface area contributed by atoms with Gasteiger partial charge in [0.05, 0.1) is 59.1 Å². The first kappa shape index (κ1) is 111. The quantitative estimate of drug-likeness (QED) is 0.0150. The van der Waals surface area contributed by atoms with E-state index in [1.165, 1.54) is 116 Å². The van der Waals surface area contributed by atoms with Gasteiger partial charge >= 0.3 is 43.4 Å². The number of aromatic hydroxyl groups is 1. The number of aromatic nitrogens is 10. The molecule has 0 fully saturated rings. The number of para-hydroxylation sites is 3. The molecule has 0 atom stereocenters. The number of phenols is 1. The monoisotopic (exact) mass is 2360 g/mol. The number of carbonyl (C=O) groups is 1. The number of halogens is 19. The number of benzene rings is 8. The largest absolute Gasteiger partial charge is 0.573 e. The zero-order chi connectivity index (χ0) is 107. The van der Waals surface area contributed by atoms with Crippen molar-refractivity contribution in [2.45, 2.75) is 45.7 Å². The molecule has 0 saturated carbocycles. The summed E-state index contributed by atoms with van der Waals surface area (Å²) in [4.78, 5) is 76.1. The van der Waals surface area contributed by atoms with Gasteiger partial charge in [0.25, 0.3) is 0 Å². The molecular weight excluding hydrogens is 2290 g/mol. The molecule has 0 aliphatic rings. The van der Waals surface area contributed by atoms with Gasteiger partial charge in [0.1, 0.15) is 139 Å². The zero-order valence-electron chi connectivity index (χ0n) is 75.1. The molecule has 8 aromatic carbocycles. The van der Waals surface area contributed by atoms with Crippen LogP contribution in [0.25, 0.3) is 66.8 Å². The fourth-order valence-corrected chi connectivity index (χ4v) is 13.2. The van der Waals surface area contributed by atoms with E-state index in [1.807, 2.05) is 84.3 Å². The molecule has 10 aromatic heterocycles. The van der Waals surface area contributed by atoms with E-state index in [9.17, 15) is 95.7 Å². The second kappa shape index (κ2) is 50.3. The molecule has 18 rings (SSSR count). The van der Waals surface area contributed by atoms with Crippen LogP contribution < -0.4 is 63.3 Å². The van der Waals surface area contributed by atoms with E-state index in [4.69, 9.17) is 60.8 Å². The maximum absolute atomic E-state index is 12.7. The fraction of sp³-hybridized carbons (Fsp3) is 0.103. The summed E-state index contributed by atoms with van der Waals surface area (Å²) in [7, 11) is 3.22. The predicted octanol–water partition coefficient (Wildman–Crippen LogP) is 28.0. The second-order valence-electron chi connectivity index (χ2n) is 29.1. The van der Waals surface area contributed by atoms with Gasteiger partial charge in [-0.2, -0.15) is 0 Å². The van der Waals surface area contributed by atoms with Crippen molar-refractivity contribution in [2.75, 3.05) is 25.3 Å². The number of nitrogens with zero attached hydrogens (tertiary/aromatic N) is 11. The van der Waals surface area contributed by atoms with E-state index < -0.39 is 53.2 Å². The zero-order valence-corrected chi connectivity index (χ0v) is 81.8. The molecule has 0 aliphatic carbocycles. The number of hydrogen-bond donors (Lipinski definition) is 3. The molecule has 0 aliphatic heterocycles. The van der Waals surface area contributed by atoms with E-state index >= 15 is 0 Å². The van der Waals surface area contributed by atoms with Gasteiger partial charge in [-0.3, -0.25) is 9.59 Å². The van der Waals surface area contributed by atoms with Gasteiger partial charge in [0, 0.05) is 137 Å². The van der Waals surface area contributed by atoms with Crippen LogP contribution in [-0.4, -0.2) is 121 Å². The maximum Gasteiger partial charge on any atom is 0.573 e. The Hall–Kier alpha value is -16.3. The number of H-pyrrole nitrogens is 1. The van der Waals surface area contributed by atoms with Crippen LogP contribution in [0, 0.1) is 34.1 Å². The topological polar surface area (TPSA) is 383 Å². The van der Waals surface area contributed by atoms with Crippen molar-refractivity contribution in [1.29, 1.82) is 0 Å². The summed E-state index contributed by atoms with van der Waals surface area (Å²) in [6.07, 6.45) is -12.5. The Morgan fingerprint density at radius 1 is 0.442 bits per heavy atom. The molecule has 0 radical (unpaired) electrons. The maximum atomic E-state index is 12.7. The van der Waals surface area contributed by atoms with Crippen molar-refractivity contribution in [3.05, 3.63) is 357 Å². The lowest BCUT2D eigenvalue weighted by Gasteiger charge is -2.11. The minimum atomic E-state index is -4.77. The summed E-state index contributed by atoms with van der Waals surface area (Å²) < 4.78 is 236. The highest BCUT2D eigenvalue weighted by Crippen LogP contribution is 2.39. The number of rotatable bonds is 21. The Labute approximate surface area is 854 Å². The highest BCUT2D eigenvalue weighted by molar-refractivity contribution is 15.0. The number of imidazole rings is 2. The van der Waals surface area contributed by atoms with Crippen LogP contribution in [0.2, 0.25) is 5.02 Å². The minimum absolute atomic E-state index is 0.0518. The number of ether oxygens (including phenoxy) is 11. The number of anilines is 1. The van der Waals surface area contributed by atoms with Crippen LogP contribution in [0.1, 0.15) is 21.6 Å². The SMILES string of the molecule is COc1c(C)c(-c2cn3ccc(Oc4ccc(OC(F)(F)F)cc4)cc3n2)nc2ccccc12.COc1cc(C(=O)CBr)nc2ccccc12.Cc1c(-c2cn3ccc(Oc4ccc(OC(F)(F)F)cc4)cc3n2)[nH]c2ccccc2c1=O.II.Nc1cc(Oc2ccc(OC(F)(F)F)cc2)ccn1.O=[N+]([O-])c1cc(Cl)ccn1.O=[N+]([O-])c1cc(Oc2ccc(OC(F)(F)F)cc2)ccn1.Oc1ccc(OC(F)(F)F)cc1. The Balaban J connectivity index is 0.000000169. The van der Waals surface area contributed by atoms with Crippen molar-refractivity contribution in [3.8, 4) is 115 Å². The van der Waals surface area contributed by atoms with Gasteiger partial charge in [-0.1, -0.05) is 63.9 Å². The summed E-state index contributed by atoms with van der Waals surface area (Å²) in [5.41, 5.74) is 13.4. The first-order valence-electron chi connectivity index (χ1n) is 41.2. The standard InChI is InChI=1S/C25H18F3N3O3.C24H16F3N3O3.C12H10BrNO2.C12H7F3N2O4.C12H9F3N2O2.C7H5F3O2.C5H3ClN2O2.I2/c1-15-23(30-20-6-4-3-5-19(20)24(15)32-2)21-14-31-12-11-18(13-22(31)29-21)33-16-7-9-17(10-8-16)34-25(26,27)28;1-14-22(29-19-5-3-2-4-18(19)23(14)31)20-13-30-11-10-17(12-21(30)28-20)32-15-6-8-16(9-7-15)33-24(25,26)27;1-16-12-6-10(11(15)7-13)14-9-5-3-2-4-8(9)12;13-12(14,15)21-9-3-1-8(2-4-9)20-10-5-6-16-11(7-10)17(18)19;13-12(14,15)19-9-3-1-8(2-4-9)18-10-5-6-17-11(16)7-10;8-7(9,10)12-6-3-1-5(11)2-4-6;6-4-1-2-7-5(3-4)8(9)10;1-2/h3-14H,1-2H3;2-13H,1H3,(H,29,31);2-6H,7H2,1H3;1-7H;1-7H,(H2,16,17);1-4,11H;1-3H;. The number of pyridine rings is 8. The van der Waals surface area contributed by atoms with Crippen LogP contribution in [0.15, 0.2) is 309 Å². The molecule has 0 bridgehead atoms. The highest BCUT2D eigenvalue weighted by atomic mass is 128. The third-order valence-electron chi connectivity index (χ3n) is 18.9. The number of nitro groups is 2. The first-order valence-corrected chi connectivity index (χ1v) is 49.0. The molecule has 4 N–H and O–H groups in total. The van der Waals surface area contributed by atoms with Gasteiger partial charge in [0.2, 0.25) is 0 Å². The Morgan fingerprint density at radius 2 is 0.816 bits per heavy atom. The number of alkyl halides is 16. The summed E-state index contributed by atoms with van der Waals surface area (Å²) in [5, 5.41) is 32.3. The number of hydrogen-bond acceptors (Lipinski definition) is 26. The third kappa shape index (κ3) is 33.9. The van der Waals surface area contributed by atoms with Crippen LogP contribution in [0.4, 0.5) is 83.3 Å². The molecule has 0 amide bonds. The van der Waals surface area contributed by atoms with Crippen molar-refractivity contribution < 1.29 is 138 Å². The normalized spacial score (nSPS) is 11.1. The van der Waals surface area contributed by atoms with Crippen LogP contribution in [0.5, 0.6) is 92.0 Å². The molecule has 18 aromatic rings. The number of aromatic amines is 1. The number of nitrogens with two attached hydrogens (primary N) is 1. The van der Waals surface area contributed by atoms with Crippen molar-refractivity contribution in [3.63, 3.8) is 0 Å². The summed E-state index contributed by atoms with van der Waals surface area (Å²) in [5.74, 6) is 2.01. The molecule has 0 spiro atoms. The number of Topliss-reactive ketones (excluding diaryl/α,β-unsaturated/α-hetero) is 1. The summed E-state index contributed by atoms with van der Waals surface area (Å²) in [6.45, 7) is 3.70. The van der Waals surface area contributed by atoms with Crippen LogP contribution in [-0.2, 0) is 0 Å². The van der Waals surface area contributed by atoms with Gasteiger partial charge in [0.15, 0.2) is 11.2 Å². The van der Waals surface area contributed by atoms with E-state index in [1.54, 1.807) is 86.6 Å². The fourth-order valence-electron chi connectivity index (χ4n) is 12.8. The van der Waals surface area contributed by atoms with E-state index in [0.717, 1.165) is 93.2 Å². The molecule has 50 heteroatoms. The van der Waals surface area contributed by atoms with E-state index in [2.05, 4.69) is 107 Å². The minimum Gasteiger partial charge on any atom is -0.508 e. The second-order valence-corrected chi connectivity index (χ2v) is 30.1. The molecule has 0 unspecified atom stereocenters. The van der Waals surface area contributed by atoms with Crippen molar-refractivity contribution in [1.82, 2.24) is 48.7 Å². The van der Waals surface area contributed by atoms with E-state index in [-0.39, 0.29) is 68.4 Å². The lowest BCUT2D eigenvalue weighted by Crippen LogP contribution is -2.16. The number of nitrogen functional groups attached to an aromatic ring is 1. The lowest BCUT2D eigenvalue weighted by molar-refractivity contribution is -0.389. The van der Waals surface area contributed by atoms with Gasteiger partial charge in [-0.05, 0) is 210 Å². The first-order chi connectivity index (χ1) is 69.7. The molecule has 31 nitrogen and oxygen atoms in total. The van der Waals surface area contributed by atoms with Gasteiger partial charge in [-0.15, -0.1) is 65.9 Å². The summed E-state index contributed by atoms with van der Waals surface area (Å²) >= 11 is 12.8. The number of nitrogens with one attached hydrogen (secondary N) is 1. The van der Waals surface area contributed by atoms with Crippen LogP contribution >= 0.6 is 64.8 Å². The number of methoxy groups -OCH3 is 2. The third-order valence-corrected chi connectivity index (χ3v) is 19.6. The number of carbonyl (C=O) groups excluding carboxylic acids is 1. The summed E-state index contributed by atoms with van der Waals surface area (Å²) in [6, 6.07) is 63.6. The lowest BCUT2D eigenvalue weighted by atomic mass is 10.1. The number of ketones is 1. The molecule has 10 heterocycles. The average Bonchev–Trinajstić information content (AvgIpc) is 1.62.